The van der Waals surface area contributed by atoms with Crippen LogP contribution in [0.15, 0.2) is 39.8 Å². The molecule has 0 radical (unpaired) electrons. The third-order valence-electron chi connectivity index (χ3n) is 4.09. The van der Waals surface area contributed by atoms with Crippen molar-refractivity contribution in [1.29, 1.82) is 0 Å². The molecule has 0 unspecified atom stereocenters. The lowest BCUT2D eigenvalue weighted by molar-refractivity contribution is 0.0947. The molecule has 29 heavy (non-hydrogen) atoms. The van der Waals surface area contributed by atoms with Crippen LogP contribution in [-0.4, -0.2) is 32.2 Å². The number of aryl methyl sites for hydroxylation is 2. The maximum absolute atomic E-state index is 12.2. The van der Waals surface area contributed by atoms with E-state index < -0.39 is 0 Å². The minimum absolute atomic E-state index is 0.215. The van der Waals surface area contributed by atoms with Crippen LogP contribution in [0.5, 0.6) is 0 Å². The van der Waals surface area contributed by atoms with E-state index in [0.717, 1.165) is 25.5 Å². The second kappa shape index (κ2) is 8.36. The molecule has 0 aromatic carbocycles. The van der Waals surface area contributed by atoms with Gasteiger partial charge in [-0.3, -0.25) is 9.59 Å². The average Bonchev–Trinajstić information content (AvgIpc) is 3.44. The first kappa shape index (κ1) is 19.6. The number of thiazole rings is 2. The molecule has 0 saturated heterocycles. The van der Waals surface area contributed by atoms with E-state index in [9.17, 15) is 9.59 Å². The van der Waals surface area contributed by atoms with E-state index in [1.807, 2.05) is 31.4 Å². The number of amides is 1. The molecule has 1 N–H and O–H groups in total. The van der Waals surface area contributed by atoms with Crippen molar-refractivity contribution in [3.63, 3.8) is 0 Å². The fourth-order valence-corrected chi connectivity index (χ4v) is 5.12. The molecule has 0 aliphatic carbocycles. The van der Waals surface area contributed by atoms with Crippen molar-refractivity contribution in [3.8, 4) is 20.5 Å². The Morgan fingerprint density at radius 2 is 2.03 bits per heavy atom. The van der Waals surface area contributed by atoms with Crippen molar-refractivity contribution in [2.75, 3.05) is 6.54 Å². The van der Waals surface area contributed by atoms with E-state index in [0.29, 0.717) is 11.4 Å². The fraction of sp³-hybridized carbons (Fsp3) is 0.211. The van der Waals surface area contributed by atoms with Gasteiger partial charge < -0.3 is 5.32 Å². The van der Waals surface area contributed by atoms with E-state index in [2.05, 4.69) is 20.4 Å². The van der Waals surface area contributed by atoms with Crippen molar-refractivity contribution < 1.29 is 4.79 Å². The van der Waals surface area contributed by atoms with E-state index in [1.54, 1.807) is 34.1 Å². The zero-order chi connectivity index (χ0) is 20.4. The van der Waals surface area contributed by atoms with Gasteiger partial charge in [0.2, 0.25) is 0 Å². The van der Waals surface area contributed by atoms with Crippen LogP contribution in [0.2, 0.25) is 0 Å². The predicted molar refractivity (Wildman–Crippen MR) is 117 cm³/mol. The molecule has 4 aromatic rings. The Morgan fingerprint density at radius 1 is 1.17 bits per heavy atom. The number of aromatic nitrogens is 4. The molecule has 4 aromatic heterocycles. The van der Waals surface area contributed by atoms with Crippen LogP contribution in [0.4, 0.5) is 0 Å². The Bertz CT molecular complexity index is 1210. The number of hydrogen-bond donors (Lipinski definition) is 1. The molecular weight excluding hydrogens is 426 g/mol. The van der Waals surface area contributed by atoms with Crippen molar-refractivity contribution >= 4 is 39.9 Å². The van der Waals surface area contributed by atoms with Crippen LogP contribution in [0, 0.1) is 13.8 Å². The number of thiophene rings is 1. The van der Waals surface area contributed by atoms with Crippen LogP contribution in [-0.2, 0) is 6.54 Å². The number of hydrogen-bond acceptors (Lipinski definition) is 8. The highest BCUT2D eigenvalue weighted by molar-refractivity contribution is 7.23. The first-order chi connectivity index (χ1) is 14.0. The molecule has 4 heterocycles. The maximum Gasteiger partial charge on any atom is 0.270 e. The van der Waals surface area contributed by atoms with E-state index >= 15 is 0 Å². The summed E-state index contributed by atoms with van der Waals surface area (Å²) < 4.78 is 1.37. The summed E-state index contributed by atoms with van der Waals surface area (Å²) in [6, 6.07) is 7.25. The second-order valence-corrected chi connectivity index (χ2v) is 9.21. The Labute approximate surface area is 178 Å². The van der Waals surface area contributed by atoms with Gasteiger partial charge in [0.25, 0.3) is 11.5 Å². The minimum atomic E-state index is -0.252. The van der Waals surface area contributed by atoms with Gasteiger partial charge in [-0.05, 0) is 31.4 Å². The molecule has 0 saturated carbocycles. The van der Waals surface area contributed by atoms with Gasteiger partial charge in [-0.2, -0.15) is 5.10 Å². The summed E-state index contributed by atoms with van der Waals surface area (Å²) in [6.45, 7) is 4.35. The summed E-state index contributed by atoms with van der Waals surface area (Å²) in [5, 5.41) is 12.8. The molecule has 0 aliphatic heterocycles. The third-order valence-corrected chi connectivity index (χ3v) is 7.08. The number of nitrogens with zero attached hydrogens (tertiary/aromatic N) is 4. The first-order valence-electron chi connectivity index (χ1n) is 8.81. The summed E-state index contributed by atoms with van der Waals surface area (Å²) in [6.07, 6.45) is 0. The van der Waals surface area contributed by atoms with E-state index in [-0.39, 0.29) is 24.6 Å². The summed E-state index contributed by atoms with van der Waals surface area (Å²) in [7, 11) is 0. The molecule has 10 heteroatoms. The highest BCUT2D eigenvalue weighted by atomic mass is 32.1. The maximum atomic E-state index is 12.2. The highest BCUT2D eigenvalue weighted by Crippen LogP contribution is 2.35. The zero-order valence-electron chi connectivity index (χ0n) is 15.7. The van der Waals surface area contributed by atoms with Gasteiger partial charge in [0.1, 0.15) is 16.4 Å². The molecule has 4 rings (SSSR count). The molecule has 0 aliphatic rings. The molecule has 0 atom stereocenters. The van der Waals surface area contributed by atoms with Crippen molar-refractivity contribution in [2.24, 2.45) is 0 Å². The standard InChI is InChI=1S/C19H17N5O2S3/c1-11-17(29-19(21-11)15-4-3-9-27-15)13-5-6-16(25)24(23-13)8-7-20-18(26)14-10-28-12(2)22-14/h3-6,9-10H,7-8H2,1-2H3,(H,20,26). The predicted octanol–water partition coefficient (Wildman–Crippen LogP) is 3.60. The van der Waals surface area contributed by atoms with E-state index in [4.69, 9.17) is 0 Å². The smallest absolute Gasteiger partial charge is 0.270 e. The Balaban J connectivity index is 1.49. The lowest BCUT2D eigenvalue weighted by Gasteiger charge is -2.07. The quantitative estimate of drug-likeness (QED) is 0.492. The van der Waals surface area contributed by atoms with Crippen LogP contribution in [0.1, 0.15) is 21.2 Å². The number of rotatable bonds is 6. The highest BCUT2D eigenvalue weighted by Gasteiger charge is 2.14. The lowest BCUT2D eigenvalue weighted by Crippen LogP contribution is -2.32. The lowest BCUT2D eigenvalue weighted by atomic mass is 10.3. The average molecular weight is 444 g/mol. The largest absolute Gasteiger partial charge is 0.349 e. The van der Waals surface area contributed by atoms with Gasteiger partial charge in [-0.25, -0.2) is 14.6 Å². The van der Waals surface area contributed by atoms with Crippen molar-refractivity contribution in [2.45, 2.75) is 20.4 Å². The van der Waals surface area contributed by atoms with Crippen molar-refractivity contribution in [3.05, 3.63) is 61.8 Å². The van der Waals surface area contributed by atoms with Crippen LogP contribution < -0.4 is 10.9 Å². The van der Waals surface area contributed by atoms with Gasteiger partial charge >= 0.3 is 0 Å². The number of carbonyl (C=O) groups is 1. The molecule has 0 spiro atoms. The molecule has 0 bridgehead atoms. The number of carbonyl (C=O) groups excluding carboxylic acids is 1. The zero-order valence-corrected chi connectivity index (χ0v) is 18.2. The summed E-state index contributed by atoms with van der Waals surface area (Å²) >= 11 is 4.62. The molecule has 7 nitrogen and oxygen atoms in total. The van der Waals surface area contributed by atoms with Gasteiger partial charge in [-0.1, -0.05) is 6.07 Å². The second-order valence-electron chi connectivity index (χ2n) is 6.20. The summed E-state index contributed by atoms with van der Waals surface area (Å²) in [5.41, 5.74) is 1.75. The minimum Gasteiger partial charge on any atom is -0.349 e. The molecule has 0 fully saturated rings. The SMILES string of the molecule is Cc1nc(C(=O)NCCn2nc(-c3sc(-c4cccs4)nc3C)ccc2=O)cs1. The summed E-state index contributed by atoms with van der Waals surface area (Å²) in [4.78, 5) is 35.1. The summed E-state index contributed by atoms with van der Waals surface area (Å²) in [5.74, 6) is -0.252. The monoisotopic (exact) mass is 443 g/mol. The fourth-order valence-electron chi connectivity index (χ4n) is 2.70. The normalized spacial score (nSPS) is 11.0. The molecule has 1 amide bonds. The van der Waals surface area contributed by atoms with Gasteiger partial charge in [0.15, 0.2) is 0 Å². The topological polar surface area (TPSA) is 89.8 Å². The van der Waals surface area contributed by atoms with Gasteiger partial charge in [-0.15, -0.1) is 34.0 Å². The first-order valence-corrected chi connectivity index (χ1v) is 11.4. The van der Waals surface area contributed by atoms with Crippen LogP contribution in [0.25, 0.3) is 20.5 Å². The molecule has 148 valence electrons. The van der Waals surface area contributed by atoms with Gasteiger partial charge in [0.05, 0.1) is 27.0 Å². The third kappa shape index (κ3) is 4.34. The number of nitrogens with one attached hydrogen (secondary N) is 1. The van der Waals surface area contributed by atoms with E-state index in [1.165, 1.54) is 22.1 Å². The van der Waals surface area contributed by atoms with Crippen LogP contribution in [0.3, 0.4) is 0 Å². The van der Waals surface area contributed by atoms with Crippen LogP contribution >= 0.6 is 34.0 Å². The van der Waals surface area contributed by atoms with Crippen molar-refractivity contribution in [1.82, 2.24) is 25.1 Å². The Kier molecular flexibility index (Phi) is 5.65. The van der Waals surface area contributed by atoms with Gasteiger partial charge in [0, 0.05) is 18.0 Å². The Hall–Kier alpha value is -2.69. The molecular formula is C19H17N5O2S3. The Morgan fingerprint density at radius 3 is 2.76 bits per heavy atom.